The molecular weight excluding hydrogens is 240 g/mol. The molecule has 0 spiro atoms. The van der Waals surface area contributed by atoms with Gasteiger partial charge in [0.05, 0.1) is 11.8 Å². The maximum atomic E-state index is 12.5. The number of anilines is 1. The molecule has 0 saturated heterocycles. The number of amides is 1. The van der Waals surface area contributed by atoms with E-state index in [1.165, 1.54) is 0 Å². The summed E-state index contributed by atoms with van der Waals surface area (Å²) in [4.78, 5) is 14.3. The summed E-state index contributed by atoms with van der Waals surface area (Å²) in [5.74, 6) is -0.0321. The summed E-state index contributed by atoms with van der Waals surface area (Å²) in [5.41, 5.74) is 8.70. The average Bonchev–Trinajstić information content (AvgIpc) is 2.91. The molecule has 3 rings (SSSR count). The number of rotatable bonds is 1. The fourth-order valence-electron chi connectivity index (χ4n) is 2.53. The highest BCUT2D eigenvalue weighted by Gasteiger charge is 2.25. The predicted octanol–water partition coefficient (Wildman–Crippen LogP) is 1.85. The van der Waals surface area contributed by atoms with Crippen LogP contribution in [0.1, 0.15) is 34.8 Å². The third kappa shape index (κ3) is 2.13. The van der Waals surface area contributed by atoms with Crippen LogP contribution in [0.2, 0.25) is 0 Å². The van der Waals surface area contributed by atoms with Crippen LogP contribution in [0.25, 0.3) is 0 Å². The minimum atomic E-state index is -0.0321. The zero-order valence-electron chi connectivity index (χ0n) is 10.5. The Morgan fingerprint density at radius 2 is 2.26 bits per heavy atom. The molecule has 0 saturated carbocycles. The zero-order chi connectivity index (χ0) is 13.2. The SMILES string of the molecule is NC1CCCN(C(=O)c2cn[nH]c2)c2ccccc21. The summed E-state index contributed by atoms with van der Waals surface area (Å²) in [6.07, 6.45) is 4.97. The molecule has 2 heterocycles. The normalized spacial score (nSPS) is 18.8. The number of aromatic nitrogens is 2. The lowest BCUT2D eigenvalue weighted by Crippen LogP contribution is -2.31. The number of para-hydroxylation sites is 1. The first kappa shape index (κ1) is 11.9. The summed E-state index contributed by atoms with van der Waals surface area (Å²) in [6, 6.07) is 7.86. The second kappa shape index (κ2) is 4.85. The topological polar surface area (TPSA) is 75.0 Å². The Morgan fingerprint density at radius 1 is 1.42 bits per heavy atom. The summed E-state index contributed by atoms with van der Waals surface area (Å²) < 4.78 is 0. The standard InChI is InChI=1S/C14H16N4O/c15-12-5-3-7-18(13-6-2-1-4-11(12)13)14(19)10-8-16-17-9-10/h1-2,4,6,8-9,12H,3,5,7,15H2,(H,16,17). The van der Waals surface area contributed by atoms with Crippen molar-refractivity contribution in [3.63, 3.8) is 0 Å². The first-order valence-corrected chi connectivity index (χ1v) is 6.42. The maximum Gasteiger partial charge on any atom is 0.261 e. The molecule has 1 aliphatic heterocycles. The van der Waals surface area contributed by atoms with E-state index >= 15 is 0 Å². The van der Waals surface area contributed by atoms with E-state index < -0.39 is 0 Å². The summed E-state index contributed by atoms with van der Waals surface area (Å²) >= 11 is 0. The fraction of sp³-hybridized carbons (Fsp3) is 0.286. The lowest BCUT2D eigenvalue weighted by Gasteiger charge is -2.22. The van der Waals surface area contributed by atoms with Crippen molar-refractivity contribution in [2.75, 3.05) is 11.4 Å². The second-order valence-electron chi connectivity index (χ2n) is 4.75. The Morgan fingerprint density at radius 3 is 3.05 bits per heavy atom. The van der Waals surface area contributed by atoms with Crippen molar-refractivity contribution in [3.05, 3.63) is 47.8 Å². The molecule has 3 N–H and O–H groups in total. The molecule has 0 radical (unpaired) electrons. The molecule has 0 bridgehead atoms. The van der Waals surface area contributed by atoms with Gasteiger partial charge in [-0.15, -0.1) is 0 Å². The number of nitrogens with zero attached hydrogens (tertiary/aromatic N) is 2. The van der Waals surface area contributed by atoms with E-state index in [0.29, 0.717) is 12.1 Å². The van der Waals surface area contributed by atoms with Crippen molar-refractivity contribution in [2.24, 2.45) is 5.73 Å². The molecule has 1 amide bonds. The van der Waals surface area contributed by atoms with Crippen molar-refractivity contribution < 1.29 is 4.79 Å². The van der Waals surface area contributed by atoms with Crippen LogP contribution in [0.4, 0.5) is 5.69 Å². The molecule has 1 aromatic heterocycles. The van der Waals surface area contributed by atoms with Crippen molar-refractivity contribution >= 4 is 11.6 Å². The van der Waals surface area contributed by atoms with Gasteiger partial charge in [-0.3, -0.25) is 9.89 Å². The highest BCUT2D eigenvalue weighted by Crippen LogP contribution is 2.32. The third-order valence-electron chi connectivity index (χ3n) is 3.51. The van der Waals surface area contributed by atoms with E-state index in [2.05, 4.69) is 10.2 Å². The van der Waals surface area contributed by atoms with Gasteiger partial charge < -0.3 is 10.6 Å². The Balaban J connectivity index is 2.02. The Kier molecular flexibility index (Phi) is 3.05. The Labute approximate surface area is 111 Å². The van der Waals surface area contributed by atoms with E-state index in [1.54, 1.807) is 17.3 Å². The Hall–Kier alpha value is -2.14. The van der Waals surface area contributed by atoms with Crippen molar-refractivity contribution in [2.45, 2.75) is 18.9 Å². The number of hydrogen-bond acceptors (Lipinski definition) is 3. The molecule has 1 aromatic carbocycles. The molecule has 5 nitrogen and oxygen atoms in total. The van der Waals surface area contributed by atoms with Crippen LogP contribution >= 0.6 is 0 Å². The number of benzene rings is 1. The molecule has 98 valence electrons. The Bertz CT molecular complexity index is 579. The van der Waals surface area contributed by atoms with Gasteiger partial charge in [0.25, 0.3) is 5.91 Å². The molecule has 1 atom stereocenters. The van der Waals surface area contributed by atoms with E-state index in [9.17, 15) is 4.79 Å². The van der Waals surface area contributed by atoms with Crippen LogP contribution in [-0.4, -0.2) is 22.6 Å². The first-order chi connectivity index (χ1) is 9.27. The molecule has 5 heteroatoms. The molecule has 19 heavy (non-hydrogen) atoms. The van der Waals surface area contributed by atoms with Gasteiger partial charge in [-0.2, -0.15) is 5.10 Å². The summed E-state index contributed by atoms with van der Waals surface area (Å²) in [5, 5.41) is 6.51. The lowest BCUT2D eigenvalue weighted by molar-refractivity contribution is 0.0987. The quantitative estimate of drug-likeness (QED) is 0.817. The number of hydrogen-bond donors (Lipinski definition) is 2. The summed E-state index contributed by atoms with van der Waals surface area (Å²) in [6.45, 7) is 0.689. The number of carbonyl (C=O) groups is 1. The third-order valence-corrected chi connectivity index (χ3v) is 3.51. The molecule has 1 aliphatic rings. The number of fused-ring (bicyclic) bond motifs is 1. The number of H-pyrrole nitrogens is 1. The monoisotopic (exact) mass is 256 g/mol. The van der Waals surface area contributed by atoms with Crippen LogP contribution in [0, 0.1) is 0 Å². The van der Waals surface area contributed by atoms with Crippen LogP contribution in [-0.2, 0) is 0 Å². The van der Waals surface area contributed by atoms with Crippen LogP contribution < -0.4 is 10.6 Å². The van der Waals surface area contributed by atoms with Crippen LogP contribution in [0.15, 0.2) is 36.7 Å². The second-order valence-corrected chi connectivity index (χ2v) is 4.75. The van der Waals surface area contributed by atoms with E-state index in [4.69, 9.17) is 5.73 Å². The van der Waals surface area contributed by atoms with E-state index in [0.717, 1.165) is 24.1 Å². The molecule has 0 fully saturated rings. The first-order valence-electron chi connectivity index (χ1n) is 6.42. The predicted molar refractivity (Wildman–Crippen MR) is 72.9 cm³/mol. The van der Waals surface area contributed by atoms with Crippen molar-refractivity contribution in [1.82, 2.24) is 10.2 Å². The molecule has 2 aromatic rings. The number of aromatic amines is 1. The fourth-order valence-corrected chi connectivity index (χ4v) is 2.53. The van der Waals surface area contributed by atoms with Gasteiger partial charge in [0.1, 0.15) is 0 Å². The van der Waals surface area contributed by atoms with Crippen molar-refractivity contribution in [3.8, 4) is 0 Å². The van der Waals surface area contributed by atoms with Gasteiger partial charge in [-0.1, -0.05) is 18.2 Å². The van der Waals surface area contributed by atoms with Gasteiger partial charge in [-0.05, 0) is 24.5 Å². The minimum absolute atomic E-state index is 0.00153. The number of nitrogens with one attached hydrogen (secondary N) is 1. The lowest BCUT2D eigenvalue weighted by atomic mass is 10.0. The smallest absolute Gasteiger partial charge is 0.261 e. The average molecular weight is 256 g/mol. The number of carbonyl (C=O) groups excluding carboxylic acids is 1. The van der Waals surface area contributed by atoms with E-state index in [-0.39, 0.29) is 11.9 Å². The van der Waals surface area contributed by atoms with Gasteiger partial charge in [0.2, 0.25) is 0 Å². The maximum absolute atomic E-state index is 12.5. The highest BCUT2D eigenvalue weighted by atomic mass is 16.2. The molecule has 1 unspecified atom stereocenters. The van der Waals surface area contributed by atoms with Gasteiger partial charge >= 0.3 is 0 Å². The van der Waals surface area contributed by atoms with Crippen LogP contribution in [0.3, 0.4) is 0 Å². The molecular formula is C14H16N4O. The largest absolute Gasteiger partial charge is 0.324 e. The van der Waals surface area contributed by atoms with Crippen molar-refractivity contribution in [1.29, 1.82) is 0 Å². The molecule has 0 aliphatic carbocycles. The highest BCUT2D eigenvalue weighted by molar-refractivity contribution is 6.06. The van der Waals surface area contributed by atoms with E-state index in [1.807, 2.05) is 24.3 Å². The summed E-state index contributed by atoms with van der Waals surface area (Å²) in [7, 11) is 0. The number of nitrogens with two attached hydrogens (primary N) is 1. The van der Waals surface area contributed by atoms with Gasteiger partial charge in [-0.25, -0.2) is 0 Å². The minimum Gasteiger partial charge on any atom is -0.324 e. The zero-order valence-corrected chi connectivity index (χ0v) is 10.5. The van der Waals surface area contributed by atoms with Gasteiger partial charge in [0.15, 0.2) is 0 Å². The van der Waals surface area contributed by atoms with Crippen LogP contribution in [0.5, 0.6) is 0 Å². The van der Waals surface area contributed by atoms with Gasteiger partial charge in [0, 0.05) is 24.5 Å².